The van der Waals surface area contributed by atoms with Crippen molar-refractivity contribution in [1.82, 2.24) is 19.4 Å². The first-order chi connectivity index (χ1) is 16.5. The maximum absolute atomic E-state index is 13.2. The number of nitrogen functional groups attached to an aromatic ring is 1. The van der Waals surface area contributed by atoms with Crippen LogP contribution in [0.5, 0.6) is 11.5 Å². The Kier molecular flexibility index (Phi) is 7.86. The van der Waals surface area contributed by atoms with Crippen molar-refractivity contribution in [3.63, 3.8) is 0 Å². The average Bonchev–Trinajstić information content (AvgIpc) is 3.20. The molecular weight excluding hydrogens is 475 g/mol. The summed E-state index contributed by atoms with van der Waals surface area (Å²) in [5.41, 5.74) is 4.43. The van der Waals surface area contributed by atoms with Crippen molar-refractivity contribution >= 4 is 5.82 Å². The molecule has 1 atom stereocenters. The molecule has 0 bridgehead atoms. The highest BCUT2D eigenvalue weighted by Crippen LogP contribution is 2.28. The van der Waals surface area contributed by atoms with E-state index >= 15 is 0 Å². The summed E-state index contributed by atoms with van der Waals surface area (Å²) < 4.78 is 55.0. The zero-order valence-electron chi connectivity index (χ0n) is 18.8. The molecule has 0 amide bonds. The highest BCUT2D eigenvalue weighted by atomic mass is 19.4. The predicted octanol–water partition coefficient (Wildman–Crippen LogP) is 1.57. The molecule has 4 N–H and O–H groups in total. The van der Waals surface area contributed by atoms with Gasteiger partial charge < -0.3 is 24.7 Å². The SMILES string of the molecule is Cc1cnc(CN[C@H](Oc2cccc(OC(F)(F)F)c2)c2c(N)n(C)c(=O)n(CCCO)c2=O)o1. The minimum Gasteiger partial charge on any atom is -0.471 e. The standard InChI is InChI=1S/C21H24F3N5O6/c1-12-10-26-15(33-12)11-27-18(34-13-5-3-6-14(9-13)35-21(22,23)24)16-17(25)28(2)20(32)29(19(16)31)7-4-8-30/h3,5-6,9-10,18,27,30H,4,7-8,11,25H2,1-2H3/t18-/m1/s1. The third-order valence-corrected chi connectivity index (χ3v) is 4.83. The number of aliphatic hydroxyl groups excluding tert-OH is 1. The van der Waals surface area contributed by atoms with E-state index < -0.39 is 29.6 Å². The first kappa shape index (κ1) is 25.8. The fourth-order valence-electron chi connectivity index (χ4n) is 3.23. The van der Waals surface area contributed by atoms with E-state index in [9.17, 15) is 22.8 Å². The number of aromatic nitrogens is 3. The number of aryl methyl sites for hydroxylation is 1. The van der Waals surface area contributed by atoms with Gasteiger partial charge in [0.25, 0.3) is 5.56 Å². The summed E-state index contributed by atoms with van der Waals surface area (Å²) in [6.07, 6.45) is -4.64. The van der Waals surface area contributed by atoms with Crippen LogP contribution in [0.2, 0.25) is 0 Å². The molecule has 2 aromatic heterocycles. The Bertz CT molecular complexity index is 1280. The Morgan fingerprint density at radius 1 is 1.29 bits per heavy atom. The minimum absolute atomic E-state index is 0.0460. The molecule has 11 nitrogen and oxygen atoms in total. The van der Waals surface area contributed by atoms with E-state index in [0.29, 0.717) is 5.76 Å². The summed E-state index contributed by atoms with van der Waals surface area (Å²) in [7, 11) is 1.35. The van der Waals surface area contributed by atoms with Gasteiger partial charge in [0.15, 0.2) is 6.23 Å². The van der Waals surface area contributed by atoms with Gasteiger partial charge in [-0.15, -0.1) is 13.2 Å². The number of rotatable bonds is 10. The zero-order valence-corrected chi connectivity index (χ0v) is 18.8. The number of nitrogens with zero attached hydrogens (tertiary/aromatic N) is 3. The molecule has 0 saturated heterocycles. The van der Waals surface area contributed by atoms with Crippen LogP contribution in [-0.2, 0) is 20.1 Å². The molecule has 1 aromatic carbocycles. The molecule has 2 heterocycles. The third-order valence-electron chi connectivity index (χ3n) is 4.83. The highest BCUT2D eigenvalue weighted by molar-refractivity contribution is 5.41. The van der Waals surface area contributed by atoms with E-state index in [1.54, 1.807) is 6.92 Å². The first-order valence-corrected chi connectivity index (χ1v) is 10.4. The van der Waals surface area contributed by atoms with Gasteiger partial charge in [-0.3, -0.25) is 19.2 Å². The van der Waals surface area contributed by atoms with Crippen molar-refractivity contribution < 1.29 is 32.2 Å². The van der Waals surface area contributed by atoms with Crippen LogP contribution in [-0.4, -0.2) is 32.2 Å². The Labute approximate surface area is 196 Å². The number of alkyl halides is 3. The van der Waals surface area contributed by atoms with Crippen molar-refractivity contribution in [3.05, 3.63) is 68.5 Å². The molecule has 35 heavy (non-hydrogen) atoms. The summed E-state index contributed by atoms with van der Waals surface area (Å²) in [4.78, 5) is 29.8. The summed E-state index contributed by atoms with van der Waals surface area (Å²) in [6, 6.07) is 4.70. The summed E-state index contributed by atoms with van der Waals surface area (Å²) in [5, 5.41) is 12.0. The lowest BCUT2D eigenvalue weighted by Crippen LogP contribution is -2.45. The van der Waals surface area contributed by atoms with Crippen LogP contribution in [0.1, 0.15) is 29.9 Å². The fourth-order valence-corrected chi connectivity index (χ4v) is 3.23. The van der Waals surface area contributed by atoms with Crippen LogP contribution < -0.4 is 31.8 Å². The maximum atomic E-state index is 13.2. The third kappa shape index (κ3) is 6.42. The first-order valence-electron chi connectivity index (χ1n) is 10.4. The second kappa shape index (κ2) is 10.7. The molecule has 0 aliphatic heterocycles. The predicted molar refractivity (Wildman–Crippen MR) is 117 cm³/mol. The number of nitrogens with two attached hydrogens (primary N) is 1. The second-order valence-electron chi connectivity index (χ2n) is 7.44. The number of anilines is 1. The Morgan fingerprint density at radius 3 is 2.63 bits per heavy atom. The second-order valence-corrected chi connectivity index (χ2v) is 7.44. The Hall–Kier alpha value is -3.78. The van der Waals surface area contributed by atoms with Crippen LogP contribution in [0, 0.1) is 6.92 Å². The Balaban J connectivity index is 2.04. The number of benzene rings is 1. The van der Waals surface area contributed by atoms with E-state index in [1.165, 1.54) is 25.4 Å². The number of halogens is 3. The molecule has 0 unspecified atom stereocenters. The van der Waals surface area contributed by atoms with Crippen molar-refractivity contribution in [2.24, 2.45) is 7.05 Å². The van der Waals surface area contributed by atoms with Crippen molar-refractivity contribution in [2.45, 2.75) is 39.0 Å². The number of hydrogen-bond acceptors (Lipinski definition) is 9. The monoisotopic (exact) mass is 499 g/mol. The number of oxazole rings is 1. The lowest BCUT2D eigenvalue weighted by Gasteiger charge is -2.23. The highest BCUT2D eigenvalue weighted by Gasteiger charge is 2.31. The molecule has 0 fully saturated rings. The van der Waals surface area contributed by atoms with E-state index in [1.807, 2.05) is 0 Å². The van der Waals surface area contributed by atoms with Gasteiger partial charge in [-0.1, -0.05) is 6.07 Å². The molecule has 0 radical (unpaired) electrons. The number of aliphatic hydroxyl groups is 1. The fraction of sp³-hybridized carbons (Fsp3) is 0.381. The Morgan fingerprint density at radius 2 is 2.00 bits per heavy atom. The molecule has 0 saturated carbocycles. The van der Waals surface area contributed by atoms with Crippen LogP contribution in [0.15, 0.2) is 44.5 Å². The van der Waals surface area contributed by atoms with E-state index in [2.05, 4.69) is 15.0 Å². The van der Waals surface area contributed by atoms with E-state index in [-0.39, 0.29) is 49.1 Å². The van der Waals surface area contributed by atoms with Crippen molar-refractivity contribution in [2.75, 3.05) is 12.3 Å². The number of hydrogen-bond donors (Lipinski definition) is 3. The van der Waals surface area contributed by atoms with Gasteiger partial charge in [-0.25, -0.2) is 9.78 Å². The molecule has 14 heteroatoms. The van der Waals surface area contributed by atoms with Gasteiger partial charge in [-0.2, -0.15) is 0 Å². The van der Waals surface area contributed by atoms with Gasteiger partial charge >= 0.3 is 12.1 Å². The lowest BCUT2D eigenvalue weighted by molar-refractivity contribution is -0.274. The number of nitrogens with one attached hydrogen (secondary N) is 1. The summed E-state index contributed by atoms with van der Waals surface area (Å²) in [6.45, 7) is 1.29. The molecule has 3 aromatic rings. The molecule has 0 aliphatic carbocycles. The molecule has 3 rings (SSSR count). The minimum atomic E-state index is -4.92. The zero-order chi connectivity index (χ0) is 25.8. The summed E-state index contributed by atoms with van der Waals surface area (Å²) in [5.74, 6) is -0.0594. The van der Waals surface area contributed by atoms with Crippen LogP contribution >= 0.6 is 0 Å². The molecule has 0 spiro atoms. The van der Waals surface area contributed by atoms with Crippen LogP contribution in [0.25, 0.3) is 0 Å². The normalized spacial score (nSPS) is 12.5. The molecular formula is C21H24F3N5O6. The molecule has 190 valence electrons. The average molecular weight is 499 g/mol. The van der Waals surface area contributed by atoms with Gasteiger partial charge in [0.2, 0.25) is 5.89 Å². The topological polar surface area (TPSA) is 147 Å². The number of ether oxygens (including phenoxy) is 2. The smallest absolute Gasteiger partial charge is 0.471 e. The van der Waals surface area contributed by atoms with Crippen LogP contribution in [0.3, 0.4) is 0 Å². The maximum Gasteiger partial charge on any atom is 0.573 e. The van der Waals surface area contributed by atoms with E-state index in [0.717, 1.165) is 21.3 Å². The molecule has 0 aliphatic rings. The van der Waals surface area contributed by atoms with Gasteiger partial charge in [0.1, 0.15) is 28.6 Å². The van der Waals surface area contributed by atoms with Crippen LogP contribution in [0.4, 0.5) is 19.0 Å². The lowest BCUT2D eigenvalue weighted by atomic mass is 10.2. The van der Waals surface area contributed by atoms with Gasteiger partial charge in [0, 0.05) is 26.3 Å². The van der Waals surface area contributed by atoms with Crippen molar-refractivity contribution in [1.29, 1.82) is 0 Å². The van der Waals surface area contributed by atoms with Gasteiger partial charge in [-0.05, 0) is 25.5 Å². The quantitative estimate of drug-likeness (QED) is 0.354. The van der Waals surface area contributed by atoms with E-state index in [4.69, 9.17) is 20.0 Å². The van der Waals surface area contributed by atoms with Gasteiger partial charge in [0.05, 0.1) is 12.7 Å². The largest absolute Gasteiger partial charge is 0.573 e. The van der Waals surface area contributed by atoms with Crippen molar-refractivity contribution in [3.8, 4) is 11.5 Å². The summed E-state index contributed by atoms with van der Waals surface area (Å²) >= 11 is 0.